The maximum absolute atomic E-state index is 11.0. The summed E-state index contributed by atoms with van der Waals surface area (Å²) in [4.78, 5) is 11.0. The molecule has 1 atom stereocenters. The molecule has 0 spiro atoms. The van der Waals surface area contributed by atoms with Gasteiger partial charge in [0.1, 0.15) is 24.7 Å². The van der Waals surface area contributed by atoms with Crippen LogP contribution >= 0.6 is 0 Å². The van der Waals surface area contributed by atoms with E-state index in [2.05, 4.69) is 12.1 Å². The molecule has 0 amide bonds. The van der Waals surface area contributed by atoms with E-state index in [4.69, 9.17) is 19.3 Å². The molecule has 1 aliphatic carbocycles. The first-order chi connectivity index (χ1) is 12.7. The number of rotatable bonds is 9. The summed E-state index contributed by atoms with van der Waals surface area (Å²) in [5.74, 6) is 0.663. The summed E-state index contributed by atoms with van der Waals surface area (Å²) in [5.41, 5.74) is 3.73. The highest BCUT2D eigenvalue weighted by Gasteiger charge is 2.16. The second-order valence-electron chi connectivity index (χ2n) is 6.39. The van der Waals surface area contributed by atoms with Gasteiger partial charge < -0.3 is 19.3 Å². The van der Waals surface area contributed by atoms with Crippen LogP contribution in [0.5, 0.6) is 11.5 Å². The van der Waals surface area contributed by atoms with Crippen molar-refractivity contribution < 1.29 is 24.1 Å². The topological polar surface area (TPSA) is 65.0 Å². The van der Waals surface area contributed by atoms with E-state index in [1.807, 2.05) is 30.3 Å². The molecular formula is C21H24O5. The first-order valence-corrected chi connectivity index (χ1v) is 8.87. The Bertz CT molecular complexity index is 739. The van der Waals surface area contributed by atoms with Crippen LogP contribution in [0, 0.1) is 0 Å². The molecule has 0 radical (unpaired) electrons. The number of methoxy groups -OCH3 is 1. The standard InChI is InChI=1S/C21H24O5/c1-24-20(21(22)23)13-15-5-8-18(9-6-15)25-11-12-26-19-10-7-16-3-2-4-17(16)14-19/h5-10,14,20H,2-4,11-13H2,1H3,(H,22,23)/t20-/m0/s1. The molecule has 2 aromatic carbocycles. The van der Waals surface area contributed by atoms with Crippen LogP contribution in [0.2, 0.25) is 0 Å². The third kappa shape index (κ3) is 4.76. The van der Waals surface area contributed by atoms with Crippen molar-refractivity contribution in [1.29, 1.82) is 0 Å². The van der Waals surface area contributed by atoms with E-state index in [0.717, 1.165) is 23.5 Å². The molecule has 138 valence electrons. The molecule has 0 saturated carbocycles. The van der Waals surface area contributed by atoms with Crippen LogP contribution in [0.1, 0.15) is 23.1 Å². The van der Waals surface area contributed by atoms with Crippen LogP contribution in [-0.2, 0) is 28.8 Å². The van der Waals surface area contributed by atoms with E-state index < -0.39 is 12.1 Å². The van der Waals surface area contributed by atoms with Gasteiger partial charge in [0.05, 0.1) is 0 Å². The molecule has 0 unspecified atom stereocenters. The molecule has 0 saturated heterocycles. The van der Waals surface area contributed by atoms with Gasteiger partial charge in [0.2, 0.25) is 0 Å². The summed E-state index contributed by atoms with van der Waals surface area (Å²) in [5, 5.41) is 9.01. The SMILES string of the molecule is CO[C@@H](Cc1ccc(OCCOc2ccc3c(c2)CCC3)cc1)C(=O)O. The quantitative estimate of drug-likeness (QED) is 0.699. The van der Waals surface area contributed by atoms with Crippen molar-refractivity contribution in [3.05, 3.63) is 59.2 Å². The summed E-state index contributed by atoms with van der Waals surface area (Å²) in [7, 11) is 1.40. The Hall–Kier alpha value is -2.53. The number of fused-ring (bicyclic) bond motifs is 1. The molecule has 0 aromatic heterocycles. The first-order valence-electron chi connectivity index (χ1n) is 8.87. The van der Waals surface area contributed by atoms with Gasteiger partial charge in [-0.1, -0.05) is 18.2 Å². The van der Waals surface area contributed by atoms with E-state index in [0.29, 0.717) is 19.6 Å². The van der Waals surface area contributed by atoms with Gasteiger partial charge in [-0.25, -0.2) is 4.79 Å². The van der Waals surface area contributed by atoms with Crippen LogP contribution in [-0.4, -0.2) is 37.5 Å². The minimum Gasteiger partial charge on any atom is -0.490 e. The fourth-order valence-electron chi connectivity index (χ4n) is 3.16. The zero-order chi connectivity index (χ0) is 18.4. The lowest BCUT2D eigenvalue weighted by Crippen LogP contribution is -2.24. The van der Waals surface area contributed by atoms with E-state index in [9.17, 15) is 4.79 Å². The largest absolute Gasteiger partial charge is 0.490 e. The maximum Gasteiger partial charge on any atom is 0.333 e. The van der Waals surface area contributed by atoms with Crippen molar-refractivity contribution >= 4 is 5.97 Å². The number of carboxylic acid groups (broad SMARTS) is 1. The number of hydrogen-bond acceptors (Lipinski definition) is 4. The Labute approximate surface area is 153 Å². The number of carbonyl (C=O) groups is 1. The normalized spacial score (nSPS) is 13.9. The molecule has 5 heteroatoms. The molecule has 26 heavy (non-hydrogen) atoms. The fraction of sp³-hybridized carbons (Fsp3) is 0.381. The van der Waals surface area contributed by atoms with Gasteiger partial charge >= 0.3 is 5.97 Å². The Kier molecular flexibility index (Phi) is 6.12. The number of aliphatic carboxylic acids is 1. The Balaban J connectivity index is 1.43. The molecule has 0 bridgehead atoms. The minimum atomic E-state index is -0.962. The van der Waals surface area contributed by atoms with Gasteiger partial charge in [0.15, 0.2) is 6.10 Å². The second kappa shape index (κ2) is 8.72. The monoisotopic (exact) mass is 356 g/mol. The lowest BCUT2D eigenvalue weighted by atomic mass is 10.1. The van der Waals surface area contributed by atoms with Crippen molar-refractivity contribution in [1.82, 2.24) is 0 Å². The average molecular weight is 356 g/mol. The average Bonchev–Trinajstić information content (AvgIpc) is 3.12. The summed E-state index contributed by atoms with van der Waals surface area (Å²) in [6.07, 6.45) is 3.04. The lowest BCUT2D eigenvalue weighted by Gasteiger charge is -2.12. The van der Waals surface area contributed by atoms with Crippen LogP contribution in [0.3, 0.4) is 0 Å². The maximum atomic E-state index is 11.0. The van der Waals surface area contributed by atoms with E-state index in [1.54, 1.807) is 0 Å². The zero-order valence-corrected chi connectivity index (χ0v) is 14.9. The van der Waals surface area contributed by atoms with Gasteiger partial charge in [0, 0.05) is 13.5 Å². The minimum absolute atomic E-state index is 0.327. The van der Waals surface area contributed by atoms with Gasteiger partial charge in [-0.15, -0.1) is 0 Å². The van der Waals surface area contributed by atoms with Crippen molar-refractivity contribution in [2.24, 2.45) is 0 Å². The molecule has 0 heterocycles. The Morgan fingerprint density at radius 3 is 2.35 bits per heavy atom. The van der Waals surface area contributed by atoms with Crippen LogP contribution in [0.4, 0.5) is 0 Å². The number of aryl methyl sites for hydroxylation is 2. The fourth-order valence-corrected chi connectivity index (χ4v) is 3.16. The predicted molar refractivity (Wildman–Crippen MR) is 98.0 cm³/mol. The summed E-state index contributed by atoms with van der Waals surface area (Å²) in [6.45, 7) is 0.928. The van der Waals surface area contributed by atoms with Crippen molar-refractivity contribution in [3.8, 4) is 11.5 Å². The third-order valence-electron chi connectivity index (χ3n) is 4.60. The van der Waals surface area contributed by atoms with Crippen LogP contribution in [0.25, 0.3) is 0 Å². The molecule has 5 nitrogen and oxygen atoms in total. The Morgan fingerprint density at radius 1 is 1.00 bits per heavy atom. The van der Waals surface area contributed by atoms with Crippen LogP contribution < -0.4 is 9.47 Å². The van der Waals surface area contributed by atoms with Crippen molar-refractivity contribution in [2.45, 2.75) is 31.8 Å². The van der Waals surface area contributed by atoms with Crippen molar-refractivity contribution in [2.75, 3.05) is 20.3 Å². The summed E-state index contributed by atoms with van der Waals surface area (Å²) < 4.78 is 16.4. The Morgan fingerprint density at radius 2 is 1.65 bits per heavy atom. The second-order valence-corrected chi connectivity index (χ2v) is 6.39. The first kappa shape index (κ1) is 18.3. The van der Waals surface area contributed by atoms with Gasteiger partial charge in [-0.3, -0.25) is 0 Å². The van der Waals surface area contributed by atoms with E-state index in [1.165, 1.54) is 31.1 Å². The smallest absolute Gasteiger partial charge is 0.333 e. The number of hydrogen-bond donors (Lipinski definition) is 1. The third-order valence-corrected chi connectivity index (χ3v) is 4.60. The molecule has 0 fully saturated rings. The number of carboxylic acids is 1. The van der Waals surface area contributed by atoms with Crippen LogP contribution in [0.15, 0.2) is 42.5 Å². The molecule has 1 aliphatic rings. The van der Waals surface area contributed by atoms with Gasteiger partial charge in [-0.05, 0) is 60.2 Å². The highest BCUT2D eigenvalue weighted by atomic mass is 16.5. The molecule has 3 rings (SSSR count). The predicted octanol–water partition coefficient (Wildman–Crippen LogP) is 3.28. The molecule has 2 aromatic rings. The number of ether oxygens (including phenoxy) is 3. The van der Waals surface area contributed by atoms with Gasteiger partial charge in [0.25, 0.3) is 0 Å². The summed E-state index contributed by atoms with van der Waals surface area (Å²) >= 11 is 0. The van der Waals surface area contributed by atoms with E-state index in [-0.39, 0.29) is 0 Å². The molecule has 0 aliphatic heterocycles. The lowest BCUT2D eigenvalue weighted by molar-refractivity contribution is -0.148. The molecule has 1 N–H and O–H groups in total. The van der Waals surface area contributed by atoms with E-state index >= 15 is 0 Å². The highest BCUT2D eigenvalue weighted by molar-refractivity contribution is 5.72. The molecular weight excluding hydrogens is 332 g/mol. The van der Waals surface area contributed by atoms with Gasteiger partial charge in [-0.2, -0.15) is 0 Å². The zero-order valence-electron chi connectivity index (χ0n) is 14.9. The van der Waals surface area contributed by atoms with Crippen molar-refractivity contribution in [3.63, 3.8) is 0 Å². The summed E-state index contributed by atoms with van der Waals surface area (Å²) in [6, 6.07) is 13.7. The highest BCUT2D eigenvalue weighted by Crippen LogP contribution is 2.26. The number of benzene rings is 2.